The van der Waals surface area contributed by atoms with Gasteiger partial charge in [0.25, 0.3) is 0 Å². The Morgan fingerprint density at radius 2 is 1.59 bits per heavy atom. The third-order valence-corrected chi connectivity index (χ3v) is 5.25. The van der Waals surface area contributed by atoms with E-state index in [9.17, 15) is 9.59 Å². The number of carbonyl (C=O) groups excluding carboxylic acids is 2. The number of ether oxygens (including phenoxy) is 3. The number of fused-ring (bicyclic) bond motifs is 8. The van der Waals surface area contributed by atoms with E-state index in [4.69, 9.17) is 14.2 Å². The normalized spacial score (nSPS) is 16.9. The van der Waals surface area contributed by atoms with Gasteiger partial charge in [-0.1, -0.05) is 30.4 Å². The molecule has 2 aromatic carbocycles. The van der Waals surface area contributed by atoms with Gasteiger partial charge in [0.2, 0.25) is 0 Å². The average molecular weight is 435 g/mol. The van der Waals surface area contributed by atoms with E-state index in [1.165, 1.54) is 12.2 Å². The van der Waals surface area contributed by atoms with Gasteiger partial charge in [0.1, 0.15) is 11.9 Å². The lowest BCUT2D eigenvalue weighted by Crippen LogP contribution is -2.18. The second-order valence-electron chi connectivity index (χ2n) is 7.79. The van der Waals surface area contributed by atoms with Crippen LogP contribution >= 0.6 is 0 Å². The van der Waals surface area contributed by atoms with E-state index in [0.717, 1.165) is 49.7 Å². The molecule has 0 unspecified atom stereocenters. The van der Waals surface area contributed by atoms with Crippen molar-refractivity contribution in [2.45, 2.75) is 58.5 Å². The van der Waals surface area contributed by atoms with Crippen LogP contribution in [0.15, 0.2) is 66.8 Å². The minimum atomic E-state index is -0.440. The minimum absolute atomic E-state index is 0.108. The molecule has 0 amide bonds. The molecule has 0 radical (unpaired) electrons. The summed E-state index contributed by atoms with van der Waals surface area (Å²) >= 11 is 0. The smallest absolute Gasteiger partial charge is 0.335 e. The molecule has 2 heterocycles. The van der Waals surface area contributed by atoms with Gasteiger partial charge in [-0.15, -0.1) is 0 Å². The number of hydrogen-bond donors (Lipinski definition) is 0. The fraction of sp³-hybridized carbons (Fsp3) is 0.333. The molecule has 5 nitrogen and oxygen atoms in total. The van der Waals surface area contributed by atoms with Crippen LogP contribution in [-0.4, -0.2) is 18.0 Å². The molecule has 4 rings (SSSR count). The maximum Gasteiger partial charge on any atom is 0.335 e. The Morgan fingerprint density at radius 3 is 2.34 bits per heavy atom. The predicted molar refractivity (Wildman–Crippen MR) is 124 cm³/mol. The van der Waals surface area contributed by atoms with Crippen LogP contribution < -0.4 is 9.47 Å². The Kier molecular flexibility index (Phi) is 8.67. The fourth-order valence-electron chi connectivity index (χ4n) is 3.63. The minimum Gasteiger partial charge on any atom is -0.459 e. The number of hydrogen-bond acceptors (Lipinski definition) is 5. The second-order valence-corrected chi connectivity index (χ2v) is 7.79. The number of esters is 2. The van der Waals surface area contributed by atoms with Crippen molar-refractivity contribution in [3.8, 4) is 17.2 Å². The summed E-state index contributed by atoms with van der Waals surface area (Å²) in [6.07, 6.45) is 11.2. The van der Waals surface area contributed by atoms with Gasteiger partial charge in [-0.25, -0.2) is 9.59 Å². The molecule has 0 N–H and O–H groups in total. The van der Waals surface area contributed by atoms with Crippen LogP contribution in [-0.2, 0) is 27.2 Å². The van der Waals surface area contributed by atoms with Gasteiger partial charge < -0.3 is 14.2 Å². The van der Waals surface area contributed by atoms with Crippen LogP contribution in [0.1, 0.15) is 50.7 Å². The molecule has 0 saturated carbocycles. The Balaban J connectivity index is 1.82. The molecule has 0 fully saturated rings. The van der Waals surface area contributed by atoms with E-state index >= 15 is 0 Å². The van der Waals surface area contributed by atoms with Crippen LogP contribution in [0.4, 0.5) is 0 Å². The Hall–Kier alpha value is -3.34. The molecule has 2 aliphatic heterocycles. The lowest BCUT2D eigenvalue weighted by molar-refractivity contribution is -0.143. The van der Waals surface area contributed by atoms with Gasteiger partial charge in [-0.3, -0.25) is 0 Å². The Labute approximate surface area is 189 Å². The van der Waals surface area contributed by atoms with E-state index in [1.54, 1.807) is 25.1 Å². The summed E-state index contributed by atoms with van der Waals surface area (Å²) in [5.74, 6) is 0.846. The standard InChI is InChI=1S/C27H30O5/c1-3-7-26(28)31-22-10-6-5-9-21-14-18-24(32-27(29)8-4-2)25(19-21)30-23-16-12-20(11-15-22)13-17-23/h3-4,7-8,12-14,16-19,22H,5-6,9-11,15H2,1-2H3/b7-3+,8-4+/t22-/m0/s1. The molecule has 5 heteroatoms. The maximum atomic E-state index is 12.0. The first kappa shape index (κ1) is 23.3. The zero-order valence-electron chi connectivity index (χ0n) is 18.7. The number of allylic oxidation sites excluding steroid dienone is 2. The first-order valence-corrected chi connectivity index (χ1v) is 11.1. The van der Waals surface area contributed by atoms with E-state index in [2.05, 4.69) is 0 Å². The molecule has 32 heavy (non-hydrogen) atoms. The van der Waals surface area contributed by atoms with Gasteiger partial charge in [0.05, 0.1) is 0 Å². The lowest BCUT2D eigenvalue weighted by atomic mass is 10.0. The van der Waals surface area contributed by atoms with Crippen molar-refractivity contribution in [2.24, 2.45) is 0 Å². The monoisotopic (exact) mass is 434 g/mol. The van der Waals surface area contributed by atoms with Crippen LogP contribution in [0.2, 0.25) is 0 Å². The predicted octanol–water partition coefficient (Wildman–Crippen LogP) is 6.11. The van der Waals surface area contributed by atoms with Crippen LogP contribution in [0.3, 0.4) is 0 Å². The van der Waals surface area contributed by atoms with E-state index < -0.39 is 5.97 Å². The Bertz CT molecular complexity index is 972. The number of rotatable bonds is 4. The summed E-state index contributed by atoms with van der Waals surface area (Å²) in [5, 5.41) is 0. The van der Waals surface area contributed by atoms with Crippen LogP contribution in [0.5, 0.6) is 17.2 Å². The third-order valence-electron chi connectivity index (χ3n) is 5.25. The lowest BCUT2D eigenvalue weighted by Gasteiger charge is -2.17. The molecule has 0 spiro atoms. The maximum absolute atomic E-state index is 12.0. The summed E-state index contributed by atoms with van der Waals surface area (Å²) < 4.78 is 17.2. The summed E-state index contributed by atoms with van der Waals surface area (Å²) in [5.41, 5.74) is 2.24. The largest absolute Gasteiger partial charge is 0.459 e. The highest BCUT2D eigenvalue weighted by molar-refractivity contribution is 5.84. The highest BCUT2D eigenvalue weighted by Gasteiger charge is 2.15. The molecule has 0 aromatic heterocycles. The highest BCUT2D eigenvalue weighted by Crippen LogP contribution is 2.34. The SMILES string of the molecule is C/C=C/C(=O)Oc1ccc2cc1Oc1ccc(cc1)CC[C@@H](OC(=O)/C=C/C)CCCC2. The van der Waals surface area contributed by atoms with Gasteiger partial charge in [-0.2, -0.15) is 0 Å². The molecular weight excluding hydrogens is 404 g/mol. The van der Waals surface area contributed by atoms with Crippen molar-refractivity contribution < 1.29 is 23.8 Å². The summed E-state index contributed by atoms with van der Waals surface area (Å²) in [7, 11) is 0. The van der Waals surface area contributed by atoms with Crippen LogP contribution in [0.25, 0.3) is 0 Å². The van der Waals surface area contributed by atoms with Gasteiger partial charge in [0.15, 0.2) is 11.5 Å². The summed E-state index contributed by atoms with van der Waals surface area (Å²) in [4.78, 5) is 23.9. The van der Waals surface area contributed by atoms with Crippen molar-refractivity contribution in [3.05, 3.63) is 77.9 Å². The molecule has 168 valence electrons. The van der Waals surface area contributed by atoms with E-state index in [0.29, 0.717) is 17.2 Å². The Morgan fingerprint density at radius 1 is 0.875 bits per heavy atom. The van der Waals surface area contributed by atoms with Crippen molar-refractivity contribution in [1.82, 2.24) is 0 Å². The number of aryl methyl sites for hydroxylation is 2. The van der Waals surface area contributed by atoms with Gasteiger partial charge in [-0.05, 0) is 87.8 Å². The van der Waals surface area contributed by atoms with Crippen molar-refractivity contribution in [1.29, 1.82) is 0 Å². The molecule has 2 aromatic rings. The second kappa shape index (κ2) is 11.9. The number of carbonyl (C=O) groups is 2. The first-order valence-electron chi connectivity index (χ1n) is 11.1. The quantitative estimate of drug-likeness (QED) is 0.330. The molecule has 0 saturated heterocycles. The van der Waals surface area contributed by atoms with E-state index in [-0.39, 0.29) is 12.1 Å². The van der Waals surface area contributed by atoms with E-state index in [1.807, 2.05) is 43.3 Å². The first-order chi connectivity index (χ1) is 15.6. The van der Waals surface area contributed by atoms with Crippen LogP contribution in [0, 0.1) is 0 Å². The molecule has 1 atom stereocenters. The fourth-order valence-corrected chi connectivity index (χ4v) is 3.63. The van der Waals surface area contributed by atoms with Crippen molar-refractivity contribution in [3.63, 3.8) is 0 Å². The van der Waals surface area contributed by atoms with Gasteiger partial charge in [0, 0.05) is 12.2 Å². The van der Waals surface area contributed by atoms with Crippen molar-refractivity contribution >= 4 is 11.9 Å². The topological polar surface area (TPSA) is 61.8 Å². The molecular formula is C27H30O5. The summed E-state index contributed by atoms with van der Waals surface area (Å²) in [6.45, 7) is 3.57. The average Bonchev–Trinajstić information content (AvgIpc) is 2.78. The third kappa shape index (κ3) is 7.12. The summed E-state index contributed by atoms with van der Waals surface area (Å²) in [6, 6.07) is 13.5. The van der Waals surface area contributed by atoms with Crippen molar-refractivity contribution in [2.75, 3.05) is 0 Å². The molecule has 2 aliphatic rings. The zero-order valence-corrected chi connectivity index (χ0v) is 18.7. The molecule has 0 aliphatic carbocycles. The number of benzene rings is 2. The zero-order chi connectivity index (χ0) is 22.8. The van der Waals surface area contributed by atoms with Gasteiger partial charge >= 0.3 is 11.9 Å². The highest BCUT2D eigenvalue weighted by atomic mass is 16.6. The molecule has 4 bridgehead atoms.